The molecule has 0 bridgehead atoms. The number of carbonyl (C=O) groups is 1. The monoisotopic (exact) mass is 452 g/mol. The molecule has 6 nitrogen and oxygen atoms in total. The van der Waals surface area contributed by atoms with Crippen LogP contribution in [0.1, 0.15) is 39.0 Å². The van der Waals surface area contributed by atoms with Crippen molar-refractivity contribution < 1.29 is 41.3 Å². The second-order valence-corrected chi connectivity index (χ2v) is 8.27. The average molecular weight is 452 g/mol. The fraction of sp³-hybridized carbons (Fsp3) is 0.700. The fourth-order valence-electron chi connectivity index (χ4n) is 4.06. The Morgan fingerprint density at radius 3 is 2.42 bits per heavy atom. The lowest BCUT2D eigenvalue weighted by Crippen LogP contribution is -2.46. The Bertz CT molecular complexity index is 764. The summed E-state index contributed by atoms with van der Waals surface area (Å²) in [7, 11) is 0. The molecule has 1 aromatic rings. The first-order chi connectivity index (χ1) is 14.4. The summed E-state index contributed by atoms with van der Waals surface area (Å²) in [4.78, 5) is 18.5. The summed E-state index contributed by atoms with van der Waals surface area (Å²) in [6.07, 6.45) is -5.95. The number of aliphatic hydroxyl groups is 1. The van der Waals surface area contributed by atoms with Crippen molar-refractivity contribution in [1.82, 2.24) is 4.98 Å². The standard InChI is InChI=1S/C20H25F5N2O4/c1-13(20(23,24)25)31-16-3-2-14(10-26-16)27-9-8-18(17(27)28)4-6-19(29,7-5-18)12-30-11-15(21)22/h2-3,10,13,15,29H,4-9,11-12H2,1H3/t13-,18-,19-/m0/s1. The van der Waals surface area contributed by atoms with Crippen LogP contribution in [0.15, 0.2) is 18.3 Å². The van der Waals surface area contributed by atoms with Gasteiger partial charge < -0.3 is 19.5 Å². The summed E-state index contributed by atoms with van der Waals surface area (Å²) in [5, 5.41) is 10.6. The number of halogens is 5. The summed E-state index contributed by atoms with van der Waals surface area (Å²) in [6, 6.07) is 2.77. The van der Waals surface area contributed by atoms with Crippen LogP contribution >= 0.6 is 0 Å². The van der Waals surface area contributed by atoms with Gasteiger partial charge in [-0.2, -0.15) is 13.2 Å². The number of carbonyl (C=O) groups excluding carboxylic acids is 1. The first kappa shape index (κ1) is 23.6. The first-order valence-corrected chi connectivity index (χ1v) is 10.0. The smallest absolute Gasteiger partial charge is 0.425 e. The molecule has 1 spiro atoms. The van der Waals surface area contributed by atoms with Crippen molar-refractivity contribution in [1.29, 1.82) is 0 Å². The van der Waals surface area contributed by atoms with Gasteiger partial charge in [0.25, 0.3) is 6.43 Å². The largest absolute Gasteiger partial charge is 0.465 e. The van der Waals surface area contributed by atoms with Gasteiger partial charge in [0.2, 0.25) is 11.8 Å². The lowest BCUT2D eigenvalue weighted by Gasteiger charge is -2.40. The van der Waals surface area contributed by atoms with E-state index in [0.717, 1.165) is 6.92 Å². The molecular weight excluding hydrogens is 427 g/mol. The van der Waals surface area contributed by atoms with Gasteiger partial charge in [0.15, 0.2) is 6.10 Å². The van der Waals surface area contributed by atoms with Crippen LogP contribution in [0.3, 0.4) is 0 Å². The molecular formula is C20H25F5N2O4. The van der Waals surface area contributed by atoms with Crippen LogP contribution in [0.4, 0.5) is 27.6 Å². The van der Waals surface area contributed by atoms with Crippen molar-refractivity contribution in [2.75, 3.05) is 24.7 Å². The van der Waals surface area contributed by atoms with Gasteiger partial charge in [-0.05, 0) is 45.1 Å². The Labute approximate surface area is 176 Å². The van der Waals surface area contributed by atoms with Gasteiger partial charge in [-0.1, -0.05) is 0 Å². The molecule has 0 aromatic carbocycles. The molecule has 11 heteroatoms. The fourth-order valence-corrected chi connectivity index (χ4v) is 4.06. The molecule has 1 amide bonds. The third-order valence-corrected chi connectivity index (χ3v) is 6.06. The number of rotatable bonds is 7. The molecule has 2 aliphatic rings. The van der Waals surface area contributed by atoms with E-state index in [-0.39, 0.29) is 31.2 Å². The molecule has 1 N–H and O–H groups in total. The van der Waals surface area contributed by atoms with Crippen molar-refractivity contribution in [3.8, 4) is 5.88 Å². The highest BCUT2D eigenvalue weighted by atomic mass is 19.4. The van der Waals surface area contributed by atoms with E-state index in [4.69, 9.17) is 9.47 Å². The number of aromatic nitrogens is 1. The number of hydrogen-bond donors (Lipinski definition) is 1. The number of amides is 1. The summed E-state index contributed by atoms with van der Waals surface area (Å²) in [6.45, 7) is 0.355. The summed E-state index contributed by atoms with van der Waals surface area (Å²) >= 11 is 0. The molecule has 0 radical (unpaired) electrons. The molecule has 174 valence electrons. The molecule has 2 fully saturated rings. The Kier molecular flexibility index (Phi) is 6.75. The average Bonchev–Trinajstić information content (AvgIpc) is 3.01. The van der Waals surface area contributed by atoms with Gasteiger partial charge in [0, 0.05) is 12.6 Å². The summed E-state index contributed by atoms with van der Waals surface area (Å²) in [5.41, 5.74) is -1.44. The minimum absolute atomic E-state index is 0.137. The van der Waals surface area contributed by atoms with Crippen molar-refractivity contribution in [3.63, 3.8) is 0 Å². The number of pyridine rings is 1. The molecule has 1 atom stereocenters. The Balaban J connectivity index is 1.59. The molecule has 0 unspecified atom stereocenters. The van der Waals surface area contributed by atoms with Gasteiger partial charge in [0.1, 0.15) is 6.61 Å². The lowest BCUT2D eigenvalue weighted by atomic mass is 9.68. The number of alkyl halides is 5. The van der Waals surface area contributed by atoms with Gasteiger partial charge >= 0.3 is 6.18 Å². The number of nitrogens with zero attached hydrogens (tertiary/aromatic N) is 2. The highest BCUT2D eigenvalue weighted by molar-refractivity contribution is 5.99. The van der Waals surface area contributed by atoms with Gasteiger partial charge in [-0.25, -0.2) is 13.8 Å². The SMILES string of the molecule is C[C@H](Oc1ccc(N2CC[C@]3(CC[C@](O)(COCC(F)F)CC3)C2=O)cn1)C(F)(F)F. The van der Waals surface area contributed by atoms with Crippen LogP contribution in [-0.2, 0) is 9.53 Å². The van der Waals surface area contributed by atoms with Crippen LogP contribution in [0, 0.1) is 5.41 Å². The predicted molar refractivity (Wildman–Crippen MR) is 100 cm³/mol. The topological polar surface area (TPSA) is 71.9 Å². The van der Waals surface area contributed by atoms with E-state index in [1.54, 1.807) is 0 Å². The maximum Gasteiger partial charge on any atom is 0.425 e. The highest BCUT2D eigenvalue weighted by Crippen LogP contribution is 2.48. The van der Waals surface area contributed by atoms with E-state index in [2.05, 4.69) is 4.98 Å². The van der Waals surface area contributed by atoms with Crippen LogP contribution in [-0.4, -0.2) is 60.1 Å². The predicted octanol–water partition coefficient (Wildman–Crippen LogP) is 3.72. The van der Waals surface area contributed by atoms with E-state index < -0.39 is 36.3 Å². The molecule has 1 saturated heterocycles. The first-order valence-electron chi connectivity index (χ1n) is 10.0. The second kappa shape index (κ2) is 8.85. The van der Waals surface area contributed by atoms with Crippen LogP contribution in [0.2, 0.25) is 0 Å². The van der Waals surface area contributed by atoms with Crippen molar-refractivity contribution >= 4 is 11.6 Å². The molecule has 1 aliphatic carbocycles. The van der Waals surface area contributed by atoms with E-state index in [0.29, 0.717) is 31.5 Å². The quantitative estimate of drug-likeness (QED) is 0.639. The van der Waals surface area contributed by atoms with Crippen LogP contribution < -0.4 is 9.64 Å². The highest BCUT2D eigenvalue weighted by Gasteiger charge is 2.51. The maximum absolute atomic E-state index is 13.1. The zero-order valence-electron chi connectivity index (χ0n) is 17.0. The van der Waals surface area contributed by atoms with Crippen molar-refractivity contribution in [2.45, 2.75) is 63.3 Å². The Morgan fingerprint density at radius 1 is 1.19 bits per heavy atom. The number of hydrogen-bond acceptors (Lipinski definition) is 5. The number of anilines is 1. The van der Waals surface area contributed by atoms with E-state index >= 15 is 0 Å². The zero-order valence-corrected chi connectivity index (χ0v) is 17.0. The minimum Gasteiger partial charge on any atom is -0.465 e. The normalized spacial score (nSPS) is 27.9. The third kappa shape index (κ3) is 5.43. The van der Waals surface area contributed by atoms with E-state index in [1.807, 2.05) is 0 Å². The summed E-state index contributed by atoms with van der Waals surface area (Å²) < 4.78 is 71.9. The molecule has 3 rings (SSSR count). The third-order valence-electron chi connectivity index (χ3n) is 6.06. The Hall–Kier alpha value is -2.01. The lowest BCUT2D eigenvalue weighted by molar-refractivity contribution is -0.189. The van der Waals surface area contributed by atoms with E-state index in [1.165, 1.54) is 23.2 Å². The van der Waals surface area contributed by atoms with E-state index in [9.17, 15) is 31.9 Å². The van der Waals surface area contributed by atoms with Gasteiger partial charge in [-0.15, -0.1) is 0 Å². The molecule has 1 saturated carbocycles. The molecule has 2 heterocycles. The van der Waals surface area contributed by atoms with Gasteiger partial charge in [-0.3, -0.25) is 4.79 Å². The Morgan fingerprint density at radius 2 is 1.87 bits per heavy atom. The van der Waals surface area contributed by atoms with Gasteiger partial charge in [0.05, 0.1) is 29.5 Å². The van der Waals surface area contributed by atoms with Crippen LogP contribution in [0.5, 0.6) is 5.88 Å². The number of ether oxygens (including phenoxy) is 2. The maximum atomic E-state index is 13.1. The summed E-state index contributed by atoms with van der Waals surface area (Å²) in [5.74, 6) is -0.330. The molecule has 1 aromatic heterocycles. The van der Waals surface area contributed by atoms with Crippen LogP contribution in [0.25, 0.3) is 0 Å². The van der Waals surface area contributed by atoms with Crippen molar-refractivity contribution in [2.24, 2.45) is 5.41 Å². The minimum atomic E-state index is -4.51. The second-order valence-electron chi connectivity index (χ2n) is 8.27. The van der Waals surface area contributed by atoms with Crippen molar-refractivity contribution in [3.05, 3.63) is 18.3 Å². The molecule has 1 aliphatic heterocycles. The molecule has 31 heavy (non-hydrogen) atoms. The zero-order chi connectivity index (χ0) is 22.9.